The molecule has 1 saturated heterocycles. The van der Waals surface area contributed by atoms with E-state index in [1.807, 2.05) is 23.4 Å². The van der Waals surface area contributed by atoms with Crippen LogP contribution in [0.5, 0.6) is 0 Å². The number of aromatic nitrogens is 4. The lowest BCUT2D eigenvalue weighted by Gasteiger charge is -2.25. The minimum absolute atomic E-state index is 0.0352. The third kappa shape index (κ3) is 3.74. The predicted molar refractivity (Wildman–Crippen MR) is 117 cm³/mol. The Morgan fingerprint density at radius 3 is 2.81 bits per heavy atom. The van der Waals surface area contributed by atoms with E-state index in [1.165, 1.54) is 11.3 Å². The van der Waals surface area contributed by atoms with Gasteiger partial charge in [0, 0.05) is 36.9 Å². The van der Waals surface area contributed by atoms with Crippen LogP contribution >= 0.6 is 11.3 Å². The van der Waals surface area contributed by atoms with Crippen LogP contribution in [0, 0.1) is 0 Å². The Labute approximate surface area is 184 Å². The number of aryl methyl sites for hydroxylation is 2. The molecule has 0 bridgehead atoms. The van der Waals surface area contributed by atoms with Crippen LogP contribution in [0.4, 0.5) is 5.13 Å². The first kappa shape index (κ1) is 19.9. The highest BCUT2D eigenvalue weighted by atomic mass is 32.1. The van der Waals surface area contributed by atoms with Crippen LogP contribution in [0.1, 0.15) is 69.5 Å². The van der Waals surface area contributed by atoms with Crippen LogP contribution in [-0.2, 0) is 19.9 Å². The molecule has 9 heteroatoms. The van der Waals surface area contributed by atoms with E-state index in [-0.39, 0.29) is 17.9 Å². The SMILES string of the molecule is Cn1nc2c(c1C(=O)N1CCC[C@@H]1c1ccc(C(=O)Nc3nccs3)cn1)CCCC2. The molecule has 4 heterocycles. The number of fused-ring (bicyclic) bond motifs is 1. The minimum atomic E-state index is -0.241. The van der Waals surface area contributed by atoms with Crippen molar-refractivity contribution in [3.63, 3.8) is 0 Å². The fourth-order valence-corrected chi connectivity index (χ4v) is 5.12. The molecule has 1 atom stereocenters. The minimum Gasteiger partial charge on any atom is -0.329 e. The lowest BCUT2D eigenvalue weighted by Crippen LogP contribution is -2.33. The highest BCUT2D eigenvalue weighted by molar-refractivity contribution is 7.13. The van der Waals surface area contributed by atoms with Gasteiger partial charge in [-0.2, -0.15) is 5.10 Å². The van der Waals surface area contributed by atoms with Crippen molar-refractivity contribution < 1.29 is 9.59 Å². The molecule has 3 aromatic heterocycles. The molecular formula is C22H24N6O2S. The van der Waals surface area contributed by atoms with E-state index in [0.717, 1.165) is 61.2 Å². The Bertz CT molecular complexity index is 1110. The van der Waals surface area contributed by atoms with Crippen molar-refractivity contribution in [2.45, 2.75) is 44.6 Å². The number of pyridine rings is 1. The maximum Gasteiger partial charge on any atom is 0.272 e. The molecule has 8 nitrogen and oxygen atoms in total. The molecule has 1 aliphatic heterocycles. The summed E-state index contributed by atoms with van der Waals surface area (Å²) < 4.78 is 1.76. The summed E-state index contributed by atoms with van der Waals surface area (Å²) in [7, 11) is 1.87. The number of carbonyl (C=O) groups excluding carboxylic acids is 2. The van der Waals surface area contributed by atoms with Gasteiger partial charge in [0.2, 0.25) is 0 Å². The zero-order chi connectivity index (χ0) is 21.4. The van der Waals surface area contributed by atoms with Gasteiger partial charge in [-0.25, -0.2) is 4.98 Å². The Hall–Kier alpha value is -3.07. The van der Waals surface area contributed by atoms with E-state index in [0.29, 0.717) is 17.2 Å². The first-order chi connectivity index (χ1) is 15.1. The van der Waals surface area contributed by atoms with Crippen LogP contribution in [-0.4, -0.2) is 43.0 Å². The summed E-state index contributed by atoms with van der Waals surface area (Å²) in [5.74, 6) is -0.206. The molecule has 31 heavy (non-hydrogen) atoms. The summed E-state index contributed by atoms with van der Waals surface area (Å²) in [6.45, 7) is 0.706. The topological polar surface area (TPSA) is 93.0 Å². The van der Waals surface area contributed by atoms with Gasteiger partial charge in [-0.15, -0.1) is 11.3 Å². The number of hydrogen-bond donors (Lipinski definition) is 1. The van der Waals surface area contributed by atoms with E-state index in [2.05, 4.69) is 20.4 Å². The van der Waals surface area contributed by atoms with Crippen LogP contribution < -0.4 is 5.32 Å². The quantitative estimate of drug-likeness (QED) is 0.677. The largest absolute Gasteiger partial charge is 0.329 e. The van der Waals surface area contributed by atoms with Crippen molar-refractivity contribution in [1.29, 1.82) is 0 Å². The Morgan fingerprint density at radius 2 is 2.03 bits per heavy atom. The predicted octanol–water partition coefficient (Wildman–Crippen LogP) is 3.38. The normalized spacial score (nSPS) is 18.1. The average Bonchev–Trinajstić information content (AvgIpc) is 3.53. The number of rotatable bonds is 4. The third-order valence-corrected chi connectivity index (χ3v) is 6.77. The lowest BCUT2D eigenvalue weighted by molar-refractivity contribution is 0.0720. The molecule has 0 saturated carbocycles. The monoisotopic (exact) mass is 436 g/mol. The number of likely N-dealkylation sites (tertiary alicyclic amines) is 1. The Balaban J connectivity index is 1.35. The molecule has 1 N–H and O–H groups in total. The Kier molecular flexibility index (Phi) is 5.27. The van der Waals surface area contributed by atoms with Crippen LogP contribution in [0.25, 0.3) is 0 Å². The number of hydrogen-bond acceptors (Lipinski definition) is 6. The van der Waals surface area contributed by atoms with E-state index in [1.54, 1.807) is 23.1 Å². The highest BCUT2D eigenvalue weighted by Gasteiger charge is 2.35. The van der Waals surface area contributed by atoms with Crippen LogP contribution in [0.15, 0.2) is 29.9 Å². The van der Waals surface area contributed by atoms with Crippen LogP contribution in [0.3, 0.4) is 0 Å². The summed E-state index contributed by atoms with van der Waals surface area (Å²) in [5.41, 5.74) is 4.19. The fourth-order valence-electron chi connectivity index (χ4n) is 4.59. The van der Waals surface area contributed by atoms with Gasteiger partial charge in [-0.05, 0) is 50.7 Å². The molecule has 2 amide bonds. The van der Waals surface area contributed by atoms with Crippen molar-refractivity contribution in [3.8, 4) is 0 Å². The molecule has 1 fully saturated rings. The summed E-state index contributed by atoms with van der Waals surface area (Å²) in [6, 6.07) is 3.53. The van der Waals surface area contributed by atoms with Gasteiger partial charge in [-0.1, -0.05) is 0 Å². The van der Waals surface area contributed by atoms with Gasteiger partial charge in [0.25, 0.3) is 11.8 Å². The molecule has 0 spiro atoms. The molecule has 1 aliphatic carbocycles. The number of anilines is 1. The Morgan fingerprint density at radius 1 is 1.16 bits per heavy atom. The van der Waals surface area contributed by atoms with E-state index >= 15 is 0 Å². The van der Waals surface area contributed by atoms with Crippen LogP contribution in [0.2, 0.25) is 0 Å². The van der Waals surface area contributed by atoms with E-state index in [4.69, 9.17) is 0 Å². The zero-order valence-corrected chi connectivity index (χ0v) is 18.2. The smallest absolute Gasteiger partial charge is 0.272 e. The van der Waals surface area contributed by atoms with Crippen molar-refractivity contribution in [3.05, 3.63) is 58.1 Å². The van der Waals surface area contributed by atoms with Crippen molar-refractivity contribution in [2.75, 3.05) is 11.9 Å². The second kappa shape index (κ2) is 8.22. The van der Waals surface area contributed by atoms with Gasteiger partial charge >= 0.3 is 0 Å². The van der Waals surface area contributed by atoms with Crippen molar-refractivity contribution in [2.24, 2.45) is 7.05 Å². The fraction of sp³-hybridized carbons (Fsp3) is 0.409. The molecule has 2 aliphatic rings. The summed E-state index contributed by atoms with van der Waals surface area (Å²) in [6.07, 6.45) is 9.13. The van der Waals surface area contributed by atoms with E-state index in [9.17, 15) is 9.59 Å². The van der Waals surface area contributed by atoms with Crippen molar-refractivity contribution >= 4 is 28.3 Å². The average molecular weight is 437 g/mol. The maximum atomic E-state index is 13.5. The second-order valence-corrected chi connectivity index (χ2v) is 8.92. The summed E-state index contributed by atoms with van der Waals surface area (Å²) >= 11 is 1.37. The van der Waals surface area contributed by atoms with Gasteiger partial charge < -0.3 is 4.90 Å². The first-order valence-corrected chi connectivity index (χ1v) is 11.5. The zero-order valence-electron chi connectivity index (χ0n) is 17.4. The lowest BCUT2D eigenvalue weighted by atomic mass is 9.95. The highest BCUT2D eigenvalue weighted by Crippen LogP contribution is 2.34. The number of nitrogens with zero attached hydrogens (tertiary/aromatic N) is 5. The second-order valence-electron chi connectivity index (χ2n) is 8.02. The first-order valence-electron chi connectivity index (χ1n) is 10.6. The number of amides is 2. The van der Waals surface area contributed by atoms with Gasteiger partial charge in [0.1, 0.15) is 5.69 Å². The molecule has 5 rings (SSSR count). The molecule has 0 aromatic carbocycles. The third-order valence-electron chi connectivity index (χ3n) is 6.08. The van der Waals surface area contributed by atoms with Gasteiger partial charge in [0.05, 0.1) is 23.0 Å². The van der Waals surface area contributed by atoms with Crippen molar-refractivity contribution in [1.82, 2.24) is 24.6 Å². The van der Waals surface area contributed by atoms with Gasteiger partial charge in [-0.3, -0.25) is 24.6 Å². The molecule has 0 radical (unpaired) electrons. The summed E-state index contributed by atoms with van der Waals surface area (Å²) in [5, 5.41) is 9.73. The number of nitrogens with one attached hydrogen (secondary N) is 1. The number of carbonyl (C=O) groups is 2. The molecule has 3 aromatic rings. The summed E-state index contributed by atoms with van der Waals surface area (Å²) in [4.78, 5) is 36.4. The van der Waals surface area contributed by atoms with Gasteiger partial charge in [0.15, 0.2) is 5.13 Å². The number of thiazole rings is 1. The standard InChI is InChI=1S/C22H24N6O2S/c1-27-19(15-5-2-3-6-16(15)26-27)21(30)28-11-4-7-18(28)17-9-8-14(13-24-17)20(29)25-22-23-10-12-31-22/h8-10,12-13,18H,2-7,11H2,1H3,(H,23,25,29)/t18-/m1/s1. The maximum absolute atomic E-state index is 13.5. The molecule has 0 unspecified atom stereocenters. The molecule has 160 valence electrons. The van der Waals surface area contributed by atoms with E-state index < -0.39 is 0 Å². The molecular weight excluding hydrogens is 412 g/mol.